The number of nitrogens with zero attached hydrogens (tertiary/aromatic N) is 1. The number of rotatable bonds is 8. The van der Waals surface area contributed by atoms with Crippen molar-refractivity contribution < 1.29 is 4.84 Å². The topological polar surface area (TPSA) is 83.7 Å². The molecule has 1 heterocycles. The van der Waals surface area contributed by atoms with Gasteiger partial charge in [-0.15, -0.1) is 0 Å². The highest BCUT2D eigenvalue weighted by Gasteiger charge is 2.16. The number of hydrogen-bond donors (Lipinski definition) is 4. The molecule has 0 saturated carbocycles. The molecule has 0 aromatic carbocycles. The van der Waals surface area contributed by atoms with Gasteiger partial charge >= 0.3 is 0 Å². The van der Waals surface area contributed by atoms with E-state index in [0.717, 1.165) is 24.2 Å². The summed E-state index contributed by atoms with van der Waals surface area (Å²) in [5.74, 6) is 0.915. The zero-order chi connectivity index (χ0) is 14.1. The largest absolute Gasteiger partial charge is 0.417 e. The second-order valence-corrected chi connectivity index (χ2v) is 4.41. The van der Waals surface area contributed by atoms with Crippen molar-refractivity contribution in [2.24, 2.45) is 10.7 Å². The fraction of sp³-hybridized carbons (Fsp3) is 0.615. The first-order valence-corrected chi connectivity index (χ1v) is 6.67. The first kappa shape index (κ1) is 15.5. The SMILES string of the molecule is CCC(CCN)NC1=C(C)C(/C=C/ONC)NC=N1. The van der Waals surface area contributed by atoms with Crippen LogP contribution in [0.5, 0.6) is 0 Å². The highest BCUT2D eigenvalue weighted by atomic mass is 16.6. The average Bonchev–Trinajstić information content (AvgIpc) is 2.42. The first-order valence-electron chi connectivity index (χ1n) is 6.67. The first-order chi connectivity index (χ1) is 9.22. The van der Waals surface area contributed by atoms with Crippen LogP contribution in [0.3, 0.4) is 0 Å². The molecule has 5 N–H and O–H groups in total. The second kappa shape index (κ2) is 8.55. The van der Waals surface area contributed by atoms with Crippen molar-refractivity contribution in [2.75, 3.05) is 13.6 Å². The monoisotopic (exact) mass is 267 g/mol. The van der Waals surface area contributed by atoms with Crippen molar-refractivity contribution in [3.05, 3.63) is 23.7 Å². The van der Waals surface area contributed by atoms with Crippen LogP contribution >= 0.6 is 0 Å². The van der Waals surface area contributed by atoms with Gasteiger partial charge in [-0.05, 0) is 38.0 Å². The summed E-state index contributed by atoms with van der Waals surface area (Å²) in [7, 11) is 1.72. The quantitative estimate of drug-likeness (QED) is 0.382. The van der Waals surface area contributed by atoms with E-state index in [9.17, 15) is 0 Å². The van der Waals surface area contributed by atoms with Crippen LogP contribution in [0, 0.1) is 0 Å². The molecule has 1 aliphatic heterocycles. The Morgan fingerprint density at radius 1 is 1.63 bits per heavy atom. The van der Waals surface area contributed by atoms with Gasteiger partial charge in [-0.1, -0.05) is 6.92 Å². The van der Waals surface area contributed by atoms with E-state index in [2.05, 4.69) is 35.0 Å². The van der Waals surface area contributed by atoms with Crippen molar-refractivity contribution in [2.45, 2.75) is 38.8 Å². The fourth-order valence-electron chi connectivity index (χ4n) is 1.87. The molecule has 1 rings (SSSR count). The molecule has 0 saturated heterocycles. The molecule has 1 aliphatic rings. The van der Waals surface area contributed by atoms with Gasteiger partial charge in [0.1, 0.15) is 12.1 Å². The fourth-order valence-corrected chi connectivity index (χ4v) is 1.87. The van der Waals surface area contributed by atoms with Gasteiger partial charge in [0.2, 0.25) is 0 Å². The summed E-state index contributed by atoms with van der Waals surface area (Å²) in [6.45, 7) is 4.88. The number of nitrogens with one attached hydrogen (secondary N) is 3. The summed E-state index contributed by atoms with van der Waals surface area (Å²) in [6, 6.07) is 0.451. The molecule has 0 aromatic rings. The Labute approximate surface area is 115 Å². The molecule has 0 aromatic heterocycles. The predicted octanol–water partition coefficient (Wildman–Crippen LogP) is 0.600. The maximum absolute atomic E-state index is 5.61. The lowest BCUT2D eigenvalue weighted by Gasteiger charge is -2.25. The molecular weight excluding hydrogens is 242 g/mol. The van der Waals surface area contributed by atoms with Crippen LogP contribution in [-0.2, 0) is 4.84 Å². The third kappa shape index (κ3) is 4.92. The zero-order valence-corrected chi connectivity index (χ0v) is 11.9. The predicted molar refractivity (Wildman–Crippen MR) is 78.3 cm³/mol. The van der Waals surface area contributed by atoms with E-state index >= 15 is 0 Å². The van der Waals surface area contributed by atoms with E-state index in [0.29, 0.717) is 12.6 Å². The Morgan fingerprint density at radius 3 is 3.05 bits per heavy atom. The Balaban J connectivity index is 2.68. The molecule has 6 heteroatoms. The summed E-state index contributed by atoms with van der Waals surface area (Å²) in [6.07, 6.45) is 7.23. The summed E-state index contributed by atoms with van der Waals surface area (Å²) in [5, 5.41) is 6.62. The highest BCUT2D eigenvalue weighted by molar-refractivity contribution is 5.61. The molecule has 0 fully saturated rings. The van der Waals surface area contributed by atoms with E-state index in [1.165, 1.54) is 0 Å². The minimum absolute atomic E-state index is 0.0868. The summed E-state index contributed by atoms with van der Waals surface area (Å²) in [4.78, 5) is 9.35. The average molecular weight is 267 g/mol. The minimum Gasteiger partial charge on any atom is -0.417 e. The van der Waals surface area contributed by atoms with Crippen LogP contribution in [-0.4, -0.2) is 32.0 Å². The van der Waals surface area contributed by atoms with E-state index in [1.807, 2.05) is 6.08 Å². The van der Waals surface area contributed by atoms with E-state index in [4.69, 9.17) is 10.6 Å². The van der Waals surface area contributed by atoms with Crippen LogP contribution in [0.2, 0.25) is 0 Å². The Kier molecular flexibility index (Phi) is 6.99. The van der Waals surface area contributed by atoms with E-state index < -0.39 is 0 Å². The minimum atomic E-state index is 0.0868. The smallest absolute Gasteiger partial charge is 0.129 e. The van der Waals surface area contributed by atoms with Crippen molar-refractivity contribution in [3.63, 3.8) is 0 Å². The van der Waals surface area contributed by atoms with Gasteiger partial charge in [0.05, 0.1) is 12.4 Å². The number of aliphatic imine (C=N–C) groups is 1. The lowest BCUT2D eigenvalue weighted by Crippen LogP contribution is -2.37. The Bertz CT molecular complexity index is 351. The van der Waals surface area contributed by atoms with E-state index in [1.54, 1.807) is 19.6 Å². The maximum Gasteiger partial charge on any atom is 0.129 e. The zero-order valence-electron chi connectivity index (χ0n) is 11.9. The number of hydrogen-bond acceptors (Lipinski definition) is 6. The number of nitrogens with two attached hydrogens (primary N) is 1. The Hall–Kier alpha value is -1.53. The van der Waals surface area contributed by atoms with Gasteiger partial charge < -0.3 is 21.2 Å². The van der Waals surface area contributed by atoms with Gasteiger partial charge in [-0.3, -0.25) is 0 Å². The van der Waals surface area contributed by atoms with Gasteiger partial charge in [-0.2, -0.15) is 5.48 Å². The molecule has 6 nitrogen and oxygen atoms in total. The lowest BCUT2D eigenvalue weighted by atomic mass is 10.1. The van der Waals surface area contributed by atoms with Crippen molar-refractivity contribution in [3.8, 4) is 0 Å². The lowest BCUT2D eigenvalue weighted by molar-refractivity contribution is 0.157. The molecule has 0 amide bonds. The van der Waals surface area contributed by atoms with Crippen molar-refractivity contribution >= 4 is 6.34 Å². The van der Waals surface area contributed by atoms with Gasteiger partial charge in [-0.25, -0.2) is 4.99 Å². The van der Waals surface area contributed by atoms with E-state index in [-0.39, 0.29) is 6.04 Å². The summed E-state index contributed by atoms with van der Waals surface area (Å²) in [5.41, 5.74) is 9.34. The van der Waals surface area contributed by atoms with Crippen molar-refractivity contribution in [1.82, 2.24) is 16.1 Å². The third-order valence-electron chi connectivity index (χ3n) is 3.09. The van der Waals surface area contributed by atoms with Crippen LogP contribution in [0.4, 0.5) is 0 Å². The normalized spacial score (nSPS) is 20.5. The third-order valence-corrected chi connectivity index (χ3v) is 3.09. The second-order valence-electron chi connectivity index (χ2n) is 4.41. The molecule has 0 radical (unpaired) electrons. The number of hydroxylamine groups is 1. The molecule has 0 spiro atoms. The standard InChI is InChI=1S/C13H25N5O/c1-4-11(5-7-14)18-13-10(2)12(16-9-17-13)6-8-19-15-3/h6,8-9,11-12,15,18H,4-5,7,14H2,1-3H3,(H,16,17)/b8-6+. The van der Waals surface area contributed by atoms with Crippen LogP contribution in [0.1, 0.15) is 26.7 Å². The molecular formula is C13H25N5O. The summed E-state index contributed by atoms with van der Waals surface area (Å²) < 4.78 is 0. The van der Waals surface area contributed by atoms with Gasteiger partial charge in [0.15, 0.2) is 0 Å². The molecule has 19 heavy (non-hydrogen) atoms. The van der Waals surface area contributed by atoms with Gasteiger partial charge in [0.25, 0.3) is 0 Å². The van der Waals surface area contributed by atoms with Crippen LogP contribution in [0.15, 0.2) is 28.7 Å². The van der Waals surface area contributed by atoms with Crippen molar-refractivity contribution in [1.29, 1.82) is 0 Å². The van der Waals surface area contributed by atoms with Gasteiger partial charge in [0, 0.05) is 13.1 Å². The summed E-state index contributed by atoms with van der Waals surface area (Å²) >= 11 is 0. The highest BCUT2D eigenvalue weighted by Crippen LogP contribution is 2.14. The molecule has 0 bridgehead atoms. The Morgan fingerprint density at radius 2 is 2.42 bits per heavy atom. The molecule has 108 valence electrons. The molecule has 0 aliphatic carbocycles. The maximum atomic E-state index is 5.61. The molecule has 2 unspecified atom stereocenters. The molecule has 2 atom stereocenters. The van der Waals surface area contributed by atoms with Crippen LogP contribution in [0.25, 0.3) is 0 Å². The van der Waals surface area contributed by atoms with Crippen LogP contribution < -0.4 is 21.8 Å².